The Morgan fingerprint density at radius 1 is 1.30 bits per heavy atom. The first-order valence-electron chi connectivity index (χ1n) is 5.74. The maximum absolute atomic E-state index is 12.6. The molecule has 0 saturated carbocycles. The lowest BCUT2D eigenvalue weighted by Crippen LogP contribution is -2.15. The highest BCUT2D eigenvalue weighted by atomic mass is 35.5. The van der Waals surface area contributed by atoms with Crippen molar-refractivity contribution in [2.75, 3.05) is 13.7 Å². The average Bonchev–Trinajstić information content (AvgIpc) is 2.79. The molecular formula is C13H11Cl3N2O2. The van der Waals surface area contributed by atoms with Gasteiger partial charge in [-0.2, -0.15) is 5.10 Å². The van der Waals surface area contributed by atoms with Crippen molar-refractivity contribution in [3.05, 3.63) is 50.7 Å². The van der Waals surface area contributed by atoms with Crippen LogP contribution in [0.1, 0.15) is 16.1 Å². The van der Waals surface area contributed by atoms with Gasteiger partial charge < -0.3 is 4.74 Å². The molecule has 2 rings (SSSR count). The minimum atomic E-state index is -0.323. The van der Waals surface area contributed by atoms with Crippen molar-refractivity contribution in [3.63, 3.8) is 0 Å². The highest BCUT2D eigenvalue weighted by Gasteiger charge is 2.21. The number of benzene rings is 1. The first-order valence-corrected chi connectivity index (χ1v) is 6.88. The number of carbonyl (C=O) groups is 1. The van der Waals surface area contributed by atoms with E-state index in [1.165, 1.54) is 16.9 Å². The van der Waals surface area contributed by atoms with Crippen LogP contribution in [-0.4, -0.2) is 29.3 Å². The molecule has 4 nitrogen and oxygen atoms in total. The van der Waals surface area contributed by atoms with Crippen LogP contribution in [0.2, 0.25) is 15.1 Å². The zero-order chi connectivity index (χ0) is 14.7. The van der Waals surface area contributed by atoms with Gasteiger partial charge in [0.1, 0.15) is 5.69 Å². The second kappa shape index (κ2) is 6.59. The minimum Gasteiger partial charge on any atom is -0.383 e. The Bertz CT molecular complexity index is 641. The van der Waals surface area contributed by atoms with Crippen molar-refractivity contribution in [1.29, 1.82) is 0 Å². The van der Waals surface area contributed by atoms with E-state index >= 15 is 0 Å². The lowest BCUT2D eigenvalue weighted by atomic mass is 10.1. The van der Waals surface area contributed by atoms with E-state index in [1.807, 2.05) is 0 Å². The zero-order valence-corrected chi connectivity index (χ0v) is 12.8. The quantitative estimate of drug-likeness (QED) is 0.783. The summed E-state index contributed by atoms with van der Waals surface area (Å²) in [7, 11) is 1.57. The summed E-state index contributed by atoms with van der Waals surface area (Å²) >= 11 is 18.0. The number of hydrogen-bond donors (Lipinski definition) is 0. The van der Waals surface area contributed by atoms with E-state index in [2.05, 4.69) is 5.10 Å². The molecule has 0 bridgehead atoms. The molecule has 20 heavy (non-hydrogen) atoms. The molecule has 1 aromatic heterocycles. The molecule has 0 aliphatic heterocycles. The molecule has 0 atom stereocenters. The van der Waals surface area contributed by atoms with Crippen molar-refractivity contribution < 1.29 is 9.53 Å². The van der Waals surface area contributed by atoms with Crippen molar-refractivity contribution in [2.24, 2.45) is 0 Å². The Morgan fingerprint density at radius 2 is 2.05 bits per heavy atom. The third-order valence-corrected chi connectivity index (χ3v) is 3.53. The van der Waals surface area contributed by atoms with E-state index in [0.717, 1.165) is 0 Å². The SMILES string of the molecule is COCCn1ncc(Cl)c1C(=O)c1cc(Cl)ccc1Cl. The largest absolute Gasteiger partial charge is 0.383 e. The lowest BCUT2D eigenvalue weighted by Gasteiger charge is -2.08. The molecule has 0 spiro atoms. The number of methoxy groups -OCH3 is 1. The number of rotatable bonds is 5. The molecule has 0 saturated heterocycles. The van der Waals surface area contributed by atoms with Gasteiger partial charge in [-0.05, 0) is 18.2 Å². The predicted molar refractivity (Wildman–Crippen MR) is 79.0 cm³/mol. The third-order valence-electron chi connectivity index (χ3n) is 2.69. The molecule has 1 aromatic carbocycles. The van der Waals surface area contributed by atoms with Gasteiger partial charge in [0.05, 0.1) is 29.4 Å². The highest BCUT2D eigenvalue weighted by molar-refractivity contribution is 6.39. The molecule has 106 valence electrons. The number of ketones is 1. The molecule has 0 fully saturated rings. The fraction of sp³-hybridized carbons (Fsp3) is 0.231. The first-order chi connectivity index (χ1) is 9.54. The standard InChI is InChI=1S/C13H11Cl3N2O2/c1-20-5-4-18-12(11(16)7-17-18)13(19)9-6-8(14)2-3-10(9)15/h2-3,6-7H,4-5H2,1H3. The van der Waals surface area contributed by atoms with Gasteiger partial charge in [0.2, 0.25) is 5.78 Å². The highest BCUT2D eigenvalue weighted by Crippen LogP contribution is 2.26. The molecule has 0 unspecified atom stereocenters. The van der Waals surface area contributed by atoms with Crippen molar-refractivity contribution in [3.8, 4) is 0 Å². The second-order valence-corrected chi connectivity index (χ2v) is 5.26. The molecule has 2 aromatic rings. The summed E-state index contributed by atoms with van der Waals surface area (Å²) in [5, 5.41) is 5.07. The summed E-state index contributed by atoms with van der Waals surface area (Å²) in [4.78, 5) is 12.6. The molecule has 0 aliphatic rings. The van der Waals surface area contributed by atoms with Crippen molar-refractivity contribution >= 4 is 40.6 Å². The summed E-state index contributed by atoms with van der Waals surface area (Å²) in [5.41, 5.74) is 0.563. The molecule has 0 amide bonds. The number of ether oxygens (including phenoxy) is 1. The van der Waals surface area contributed by atoms with Crippen LogP contribution >= 0.6 is 34.8 Å². The number of carbonyl (C=O) groups excluding carboxylic acids is 1. The van der Waals surface area contributed by atoms with Gasteiger partial charge in [0.25, 0.3) is 0 Å². The zero-order valence-electron chi connectivity index (χ0n) is 10.6. The second-order valence-electron chi connectivity index (χ2n) is 4.01. The number of nitrogens with zero attached hydrogens (tertiary/aromatic N) is 2. The monoisotopic (exact) mass is 332 g/mol. The Labute approximate surface area is 131 Å². The predicted octanol–water partition coefficient (Wildman–Crippen LogP) is 3.72. The van der Waals surface area contributed by atoms with E-state index in [9.17, 15) is 4.79 Å². The Kier molecular flexibility index (Phi) is 5.05. The molecule has 1 heterocycles. The third kappa shape index (κ3) is 3.15. The maximum atomic E-state index is 12.6. The maximum Gasteiger partial charge on any atom is 0.214 e. The Hall–Kier alpha value is -1.07. The van der Waals surface area contributed by atoms with Crippen molar-refractivity contribution in [2.45, 2.75) is 6.54 Å². The van der Waals surface area contributed by atoms with Gasteiger partial charge in [-0.1, -0.05) is 34.8 Å². The summed E-state index contributed by atoms with van der Waals surface area (Å²) < 4.78 is 6.47. The van der Waals surface area contributed by atoms with Gasteiger partial charge in [-0.25, -0.2) is 0 Å². The van der Waals surface area contributed by atoms with Crippen LogP contribution in [0.5, 0.6) is 0 Å². The van der Waals surface area contributed by atoms with Crippen LogP contribution in [0.4, 0.5) is 0 Å². The Morgan fingerprint density at radius 3 is 2.75 bits per heavy atom. The van der Waals surface area contributed by atoms with E-state index in [1.54, 1.807) is 19.2 Å². The fourth-order valence-electron chi connectivity index (χ4n) is 1.73. The van der Waals surface area contributed by atoms with Gasteiger partial charge in [0.15, 0.2) is 0 Å². The fourth-order valence-corrected chi connectivity index (χ4v) is 2.34. The smallest absolute Gasteiger partial charge is 0.214 e. The first kappa shape index (κ1) is 15.3. The number of aromatic nitrogens is 2. The number of hydrogen-bond acceptors (Lipinski definition) is 3. The summed E-state index contributed by atoms with van der Waals surface area (Å²) in [6.07, 6.45) is 1.42. The van der Waals surface area contributed by atoms with Gasteiger partial charge >= 0.3 is 0 Å². The van der Waals surface area contributed by atoms with Gasteiger partial charge in [0, 0.05) is 17.7 Å². The Balaban J connectivity index is 2.42. The lowest BCUT2D eigenvalue weighted by molar-refractivity contribution is 0.102. The van der Waals surface area contributed by atoms with Crippen LogP contribution in [0.15, 0.2) is 24.4 Å². The van der Waals surface area contributed by atoms with Gasteiger partial charge in [-0.15, -0.1) is 0 Å². The summed E-state index contributed by atoms with van der Waals surface area (Å²) in [6.45, 7) is 0.837. The number of halogens is 3. The summed E-state index contributed by atoms with van der Waals surface area (Å²) in [5.74, 6) is -0.323. The topological polar surface area (TPSA) is 44.1 Å². The minimum absolute atomic E-state index is 0.266. The van der Waals surface area contributed by atoms with E-state index in [-0.39, 0.29) is 16.5 Å². The molecule has 0 aliphatic carbocycles. The van der Waals surface area contributed by atoms with E-state index in [4.69, 9.17) is 39.5 Å². The molecular weight excluding hydrogens is 323 g/mol. The van der Waals surface area contributed by atoms with Crippen LogP contribution in [-0.2, 0) is 11.3 Å². The van der Waals surface area contributed by atoms with Crippen LogP contribution in [0.25, 0.3) is 0 Å². The van der Waals surface area contributed by atoms with Crippen LogP contribution in [0, 0.1) is 0 Å². The summed E-state index contributed by atoms with van der Waals surface area (Å²) in [6, 6.07) is 4.70. The molecule has 7 heteroatoms. The average molecular weight is 334 g/mol. The van der Waals surface area contributed by atoms with Crippen LogP contribution in [0.3, 0.4) is 0 Å². The van der Waals surface area contributed by atoms with E-state index in [0.29, 0.717) is 28.8 Å². The van der Waals surface area contributed by atoms with Crippen molar-refractivity contribution in [1.82, 2.24) is 9.78 Å². The molecule has 0 radical (unpaired) electrons. The normalized spacial score (nSPS) is 10.8. The molecule has 0 N–H and O–H groups in total. The van der Waals surface area contributed by atoms with E-state index < -0.39 is 0 Å². The van der Waals surface area contributed by atoms with Crippen LogP contribution < -0.4 is 0 Å². The van der Waals surface area contributed by atoms with Gasteiger partial charge in [-0.3, -0.25) is 9.48 Å².